The van der Waals surface area contributed by atoms with E-state index in [0.717, 1.165) is 0 Å². The van der Waals surface area contributed by atoms with Gasteiger partial charge >= 0.3 is 25.5 Å². The first-order chi connectivity index (χ1) is 7.03. The Bertz CT molecular complexity index is 350. The summed E-state index contributed by atoms with van der Waals surface area (Å²) >= 11 is 0. The van der Waals surface area contributed by atoms with Crippen LogP contribution in [-0.2, 0) is 18.9 Å². The van der Waals surface area contributed by atoms with Crippen LogP contribution >= 0.6 is 7.60 Å². The van der Waals surface area contributed by atoms with Gasteiger partial charge in [-0.05, 0) is 0 Å². The van der Waals surface area contributed by atoms with Crippen LogP contribution in [0.1, 0.15) is 12.8 Å². The van der Waals surface area contributed by atoms with Crippen molar-refractivity contribution in [2.75, 3.05) is 0 Å². The quantitative estimate of drug-likeness (QED) is 0.371. The molecule has 0 unspecified atom stereocenters. The summed E-state index contributed by atoms with van der Waals surface area (Å²) in [5.41, 5.74) is 0. The van der Waals surface area contributed by atoms with Crippen molar-refractivity contribution in [3.63, 3.8) is 0 Å². The highest BCUT2D eigenvalue weighted by Crippen LogP contribution is 2.54. The first-order valence-corrected chi connectivity index (χ1v) is 5.37. The van der Waals surface area contributed by atoms with E-state index in [9.17, 15) is 18.9 Å². The van der Waals surface area contributed by atoms with Crippen molar-refractivity contribution < 1.29 is 44.1 Å². The van der Waals surface area contributed by atoms with Crippen LogP contribution in [-0.4, -0.2) is 48.2 Å². The Labute approximate surface area is 88.5 Å². The fraction of sp³-hybridized carbons (Fsp3) is 0.500. The highest BCUT2D eigenvalue weighted by atomic mass is 31.2. The maximum atomic E-state index is 11.0. The molecule has 10 heteroatoms. The molecule has 0 atom stereocenters. The Morgan fingerprint density at radius 1 is 0.938 bits per heavy atom. The minimum absolute atomic E-state index is 1.47. The smallest absolute Gasteiger partial charge is 0.344 e. The van der Waals surface area contributed by atoms with Gasteiger partial charge in [0.15, 0.2) is 5.16 Å². The van der Waals surface area contributed by atoms with Crippen molar-refractivity contribution in [2.24, 2.45) is 0 Å². The van der Waals surface area contributed by atoms with E-state index >= 15 is 0 Å². The zero-order valence-corrected chi connectivity index (χ0v) is 8.62. The van der Waals surface area contributed by atoms with E-state index in [1.807, 2.05) is 0 Å². The normalized spacial score (nSPS) is 12.1. The molecule has 0 aliphatic heterocycles. The number of hydrogen-bond donors (Lipinski definition) is 5. The summed E-state index contributed by atoms with van der Waals surface area (Å²) in [7, 11) is -5.43. The minimum atomic E-state index is -5.43. The molecule has 9 nitrogen and oxygen atoms in total. The second-order valence-corrected chi connectivity index (χ2v) is 4.97. The zero-order valence-electron chi connectivity index (χ0n) is 7.73. The Morgan fingerprint density at radius 2 is 1.25 bits per heavy atom. The summed E-state index contributed by atoms with van der Waals surface area (Å²) in [4.78, 5) is 49.0. The van der Waals surface area contributed by atoms with Crippen LogP contribution in [0.2, 0.25) is 0 Å². The van der Waals surface area contributed by atoms with Crippen LogP contribution in [0.5, 0.6) is 0 Å². The third-order valence-electron chi connectivity index (χ3n) is 1.84. The zero-order chi connectivity index (χ0) is 13.1. The number of hydrogen-bond acceptors (Lipinski definition) is 4. The number of carbonyl (C=O) groups is 3. The standard InChI is InChI=1S/C6H9O9P/c7-3(8)1-6(5(11)12,2-4(9)10)16(13,14)15/h1-2H2,(H,7,8)(H,9,10)(H,11,12)(H2,13,14,15). The lowest BCUT2D eigenvalue weighted by Gasteiger charge is -2.26. The molecule has 0 heterocycles. The Balaban J connectivity index is 5.58. The minimum Gasteiger partial charge on any atom is -0.481 e. The van der Waals surface area contributed by atoms with E-state index in [4.69, 9.17) is 25.1 Å². The number of carboxylic acids is 3. The monoisotopic (exact) mass is 256 g/mol. The van der Waals surface area contributed by atoms with E-state index < -0.39 is 43.5 Å². The Kier molecular flexibility index (Phi) is 4.19. The largest absolute Gasteiger partial charge is 0.481 e. The highest BCUT2D eigenvalue weighted by Gasteiger charge is 2.56. The number of aliphatic carboxylic acids is 3. The molecular formula is C6H9O9P. The third kappa shape index (κ3) is 3.02. The Hall–Kier alpha value is -1.44. The molecule has 0 aliphatic rings. The van der Waals surface area contributed by atoms with Gasteiger partial charge in [0, 0.05) is 0 Å². The fourth-order valence-corrected chi connectivity index (χ4v) is 1.98. The van der Waals surface area contributed by atoms with E-state index in [1.165, 1.54) is 0 Å². The van der Waals surface area contributed by atoms with Crippen LogP contribution in [0.25, 0.3) is 0 Å². The number of carboxylic acid groups (broad SMARTS) is 3. The fourth-order valence-electron chi connectivity index (χ4n) is 1.04. The van der Waals surface area contributed by atoms with Gasteiger partial charge < -0.3 is 25.1 Å². The predicted octanol–water partition coefficient (Wildman–Crippen LogP) is -1.06. The molecule has 0 bridgehead atoms. The van der Waals surface area contributed by atoms with Gasteiger partial charge in [-0.3, -0.25) is 18.9 Å². The molecule has 0 spiro atoms. The van der Waals surface area contributed by atoms with Crippen molar-refractivity contribution in [1.29, 1.82) is 0 Å². The summed E-state index contributed by atoms with van der Waals surface area (Å²) in [5, 5.41) is 22.3. The van der Waals surface area contributed by atoms with Crippen LogP contribution in [0.15, 0.2) is 0 Å². The van der Waals surface area contributed by atoms with Crippen molar-refractivity contribution in [1.82, 2.24) is 0 Å². The molecule has 0 saturated carbocycles. The molecule has 0 aliphatic carbocycles. The summed E-state index contributed by atoms with van der Waals surface area (Å²) in [6.07, 6.45) is -2.95. The first-order valence-electron chi connectivity index (χ1n) is 3.75. The predicted molar refractivity (Wildman–Crippen MR) is 46.9 cm³/mol. The van der Waals surface area contributed by atoms with Crippen molar-refractivity contribution in [2.45, 2.75) is 18.0 Å². The third-order valence-corrected chi connectivity index (χ3v) is 3.47. The lowest BCUT2D eigenvalue weighted by Crippen LogP contribution is -2.42. The van der Waals surface area contributed by atoms with E-state index in [2.05, 4.69) is 0 Å². The molecule has 0 aromatic heterocycles. The second-order valence-electron chi connectivity index (χ2n) is 3.02. The lowest BCUT2D eigenvalue weighted by atomic mass is 10.0. The molecule has 92 valence electrons. The van der Waals surface area contributed by atoms with Crippen LogP contribution < -0.4 is 0 Å². The van der Waals surface area contributed by atoms with Crippen molar-refractivity contribution >= 4 is 25.5 Å². The van der Waals surface area contributed by atoms with Crippen LogP contribution in [0.3, 0.4) is 0 Å². The first kappa shape index (κ1) is 14.6. The van der Waals surface area contributed by atoms with E-state index in [-0.39, 0.29) is 0 Å². The average Bonchev–Trinajstić information content (AvgIpc) is 1.97. The van der Waals surface area contributed by atoms with Gasteiger partial charge in [-0.15, -0.1) is 0 Å². The summed E-state index contributed by atoms with van der Waals surface area (Å²) in [6.45, 7) is 0. The topological polar surface area (TPSA) is 169 Å². The maximum absolute atomic E-state index is 11.0. The van der Waals surface area contributed by atoms with Gasteiger partial charge in [0.25, 0.3) is 0 Å². The average molecular weight is 256 g/mol. The summed E-state index contributed by atoms with van der Waals surface area (Å²) in [6, 6.07) is 0. The molecule has 16 heavy (non-hydrogen) atoms. The van der Waals surface area contributed by atoms with E-state index in [1.54, 1.807) is 0 Å². The van der Waals surface area contributed by atoms with Gasteiger partial charge in [0.1, 0.15) is 0 Å². The molecular weight excluding hydrogens is 247 g/mol. The van der Waals surface area contributed by atoms with Crippen LogP contribution in [0, 0.1) is 0 Å². The molecule has 0 aromatic carbocycles. The molecule has 0 fully saturated rings. The molecule has 0 amide bonds. The van der Waals surface area contributed by atoms with Gasteiger partial charge in [0.2, 0.25) is 0 Å². The van der Waals surface area contributed by atoms with Gasteiger partial charge in [-0.2, -0.15) is 0 Å². The highest BCUT2D eigenvalue weighted by molar-refractivity contribution is 7.54. The van der Waals surface area contributed by atoms with Gasteiger partial charge in [0.05, 0.1) is 12.8 Å². The maximum Gasteiger partial charge on any atom is 0.344 e. The van der Waals surface area contributed by atoms with Gasteiger partial charge in [-0.25, -0.2) is 0 Å². The van der Waals surface area contributed by atoms with E-state index in [0.29, 0.717) is 0 Å². The molecule has 0 radical (unpaired) electrons. The molecule has 0 saturated heterocycles. The van der Waals surface area contributed by atoms with Crippen molar-refractivity contribution in [3.05, 3.63) is 0 Å². The number of rotatable bonds is 6. The van der Waals surface area contributed by atoms with Crippen molar-refractivity contribution in [3.8, 4) is 0 Å². The lowest BCUT2D eigenvalue weighted by molar-refractivity contribution is -0.151. The van der Waals surface area contributed by atoms with Crippen LogP contribution in [0.4, 0.5) is 0 Å². The molecule has 0 aromatic rings. The summed E-state index contributed by atoms with van der Waals surface area (Å²) in [5.74, 6) is -5.79. The van der Waals surface area contributed by atoms with Gasteiger partial charge in [-0.1, -0.05) is 0 Å². The molecule has 5 N–H and O–H groups in total. The SMILES string of the molecule is O=C(O)CC(CC(=O)O)(C(=O)O)P(=O)(O)O. The molecule has 0 rings (SSSR count). The second kappa shape index (κ2) is 4.60. The Morgan fingerprint density at radius 3 is 1.38 bits per heavy atom. The summed E-state index contributed by atoms with van der Waals surface area (Å²) < 4.78 is 11.0.